The van der Waals surface area contributed by atoms with Gasteiger partial charge in [0, 0.05) is 0 Å². The van der Waals surface area contributed by atoms with Gasteiger partial charge < -0.3 is 54.3 Å². The van der Waals surface area contributed by atoms with Crippen LogP contribution >= 0.6 is 0 Å². The molecule has 0 radical (unpaired) electrons. The first-order chi connectivity index (χ1) is 18.3. The van der Waals surface area contributed by atoms with Gasteiger partial charge in [-0.1, -0.05) is 48.5 Å². The van der Waals surface area contributed by atoms with Gasteiger partial charge in [-0.05, 0) is 17.7 Å². The van der Waals surface area contributed by atoms with Crippen LogP contribution in [0, 0.1) is 0 Å². The molecule has 6 N–H and O–H groups in total. The minimum absolute atomic E-state index is 0.0663. The van der Waals surface area contributed by atoms with Gasteiger partial charge in [0.05, 0.1) is 18.8 Å². The van der Waals surface area contributed by atoms with Crippen LogP contribution < -0.4 is 0 Å². The van der Waals surface area contributed by atoms with E-state index in [-0.39, 0.29) is 12.2 Å². The third-order valence-electron chi connectivity index (χ3n) is 6.41. The van der Waals surface area contributed by atoms with E-state index in [1.165, 1.54) is 0 Å². The third-order valence-corrected chi connectivity index (χ3v) is 6.41. The molecule has 2 saturated heterocycles. The number of carbonyl (C=O) groups is 1. The summed E-state index contributed by atoms with van der Waals surface area (Å²) in [5, 5.41) is 61.9. The molecule has 0 bridgehead atoms. The highest BCUT2D eigenvalue weighted by Gasteiger charge is 2.47. The third kappa shape index (κ3) is 6.74. The fraction of sp³-hybridized carbons (Fsp3) is 0.500. The number of ether oxygens (including phenoxy) is 5. The van der Waals surface area contributed by atoms with Crippen molar-refractivity contribution >= 4 is 5.97 Å². The van der Waals surface area contributed by atoms with Crippen LogP contribution in [0.25, 0.3) is 0 Å². The van der Waals surface area contributed by atoms with Crippen LogP contribution in [-0.2, 0) is 30.3 Å². The summed E-state index contributed by atoms with van der Waals surface area (Å²) in [6.07, 6.45) is -14.9. The highest BCUT2D eigenvalue weighted by Crippen LogP contribution is 2.26. The number of hydrogen-bond acceptors (Lipinski definition) is 12. The van der Waals surface area contributed by atoms with Crippen LogP contribution in [0.4, 0.5) is 0 Å². The summed E-state index contributed by atoms with van der Waals surface area (Å²) < 4.78 is 27.4. The fourth-order valence-corrected chi connectivity index (χ4v) is 4.14. The van der Waals surface area contributed by atoms with Gasteiger partial charge in [-0.3, -0.25) is 0 Å². The van der Waals surface area contributed by atoms with Crippen molar-refractivity contribution < 1.29 is 59.1 Å². The van der Waals surface area contributed by atoms with E-state index >= 15 is 0 Å². The molecule has 38 heavy (non-hydrogen) atoms. The maximum absolute atomic E-state index is 12.2. The van der Waals surface area contributed by atoms with E-state index in [0.717, 1.165) is 5.56 Å². The van der Waals surface area contributed by atoms with Gasteiger partial charge in [-0.2, -0.15) is 0 Å². The van der Waals surface area contributed by atoms with E-state index in [1.54, 1.807) is 42.5 Å². The first-order valence-corrected chi connectivity index (χ1v) is 12.1. The molecule has 0 saturated carbocycles. The highest BCUT2D eigenvalue weighted by atomic mass is 16.7. The Morgan fingerprint density at radius 2 is 1.13 bits per heavy atom. The Morgan fingerprint density at radius 1 is 0.632 bits per heavy atom. The lowest BCUT2D eigenvalue weighted by Gasteiger charge is -2.42. The topological polar surface area (TPSA) is 185 Å². The smallest absolute Gasteiger partial charge is 0.338 e. The Balaban J connectivity index is 1.33. The lowest BCUT2D eigenvalue weighted by molar-refractivity contribution is -0.332. The Bertz CT molecular complexity index is 1010. The normalized spacial score (nSPS) is 35.5. The molecule has 2 aromatic carbocycles. The molecule has 2 aliphatic rings. The first kappa shape index (κ1) is 28.5. The molecule has 10 atom stereocenters. The van der Waals surface area contributed by atoms with E-state index in [0.29, 0.717) is 0 Å². The monoisotopic (exact) mass is 536 g/mol. The molecule has 208 valence electrons. The van der Waals surface area contributed by atoms with Crippen molar-refractivity contribution in [2.75, 3.05) is 13.2 Å². The Kier molecular flexibility index (Phi) is 9.79. The number of aliphatic hydroxyl groups is 6. The van der Waals surface area contributed by atoms with Crippen molar-refractivity contribution in [2.45, 2.75) is 68.0 Å². The summed E-state index contributed by atoms with van der Waals surface area (Å²) >= 11 is 0. The number of hydrogen-bond donors (Lipinski definition) is 6. The minimum Gasteiger partial charge on any atom is -0.459 e. The molecule has 12 heteroatoms. The number of carbonyl (C=O) groups excluding carboxylic acids is 1. The first-order valence-electron chi connectivity index (χ1n) is 12.1. The summed E-state index contributed by atoms with van der Waals surface area (Å²) in [5.41, 5.74) is 1.07. The van der Waals surface area contributed by atoms with Gasteiger partial charge in [0.15, 0.2) is 12.6 Å². The van der Waals surface area contributed by atoms with Crippen LogP contribution in [0.15, 0.2) is 60.7 Å². The second-order valence-corrected chi connectivity index (χ2v) is 9.12. The Morgan fingerprint density at radius 3 is 1.71 bits per heavy atom. The average molecular weight is 537 g/mol. The summed E-state index contributed by atoms with van der Waals surface area (Å²) in [6, 6.07) is 17.2. The largest absolute Gasteiger partial charge is 0.459 e. The zero-order valence-electron chi connectivity index (χ0n) is 20.3. The Hall–Kier alpha value is -2.49. The number of benzene rings is 2. The second kappa shape index (κ2) is 13.0. The predicted molar refractivity (Wildman–Crippen MR) is 127 cm³/mol. The van der Waals surface area contributed by atoms with E-state index in [9.17, 15) is 35.4 Å². The average Bonchev–Trinajstić information content (AvgIpc) is 2.95. The van der Waals surface area contributed by atoms with E-state index in [4.69, 9.17) is 23.7 Å². The van der Waals surface area contributed by atoms with Gasteiger partial charge in [0.2, 0.25) is 0 Å². The van der Waals surface area contributed by atoms with E-state index in [2.05, 4.69) is 0 Å². The quantitative estimate of drug-likeness (QED) is 0.208. The van der Waals surface area contributed by atoms with Crippen molar-refractivity contribution in [1.82, 2.24) is 0 Å². The van der Waals surface area contributed by atoms with Crippen LogP contribution in [0.5, 0.6) is 0 Å². The van der Waals surface area contributed by atoms with Gasteiger partial charge in [-0.25, -0.2) is 4.79 Å². The molecule has 4 rings (SSSR count). The lowest BCUT2D eigenvalue weighted by atomic mass is 9.98. The van der Waals surface area contributed by atoms with Gasteiger partial charge >= 0.3 is 5.97 Å². The van der Waals surface area contributed by atoms with Crippen molar-refractivity contribution in [3.63, 3.8) is 0 Å². The minimum atomic E-state index is -1.69. The standard InChI is InChI=1S/C26H32O12/c27-18-16(12-34-24(33)15-9-5-2-6-10-15)37-26(23(32)20(18)29)36-13-17-19(28)21(30)22(31)25(38-17)35-11-14-7-3-1-4-8-14/h1-10,16-23,25-32H,11-13H2. The molecule has 2 heterocycles. The van der Waals surface area contributed by atoms with Crippen molar-refractivity contribution in [2.24, 2.45) is 0 Å². The van der Waals surface area contributed by atoms with Crippen LogP contribution in [0.1, 0.15) is 15.9 Å². The maximum Gasteiger partial charge on any atom is 0.338 e. The molecule has 0 amide bonds. The highest BCUT2D eigenvalue weighted by molar-refractivity contribution is 5.89. The molecule has 2 aromatic rings. The van der Waals surface area contributed by atoms with Crippen molar-refractivity contribution in [1.29, 1.82) is 0 Å². The van der Waals surface area contributed by atoms with E-state index < -0.39 is 80.6 Å². The number of esters is 1. The second-order valence-electron chi connectivity index (χ2n) is 9.12. The zero-order valence-corrected chi connectivity index (χ0v) is 20.3. The zero-order chi connectivity index (χ0) is 27.2. The maximum atomic E-state index is 12.2. The van der Waals surface area contributed by atoms with Crippen LogP contribution in [0.3, 0.4) is 0 Å². The molecule has 2 aliphatic heterocycles. The van der Waals surface area contributed by atoms with E-state index in [1.807, 2.05) is 18.2 Å². The van der Waals surface area contributed by atoms with Crippen LogP contribution in [-0.4, -0.2) is 111 Å². The summed E-state index contributed by atoms with van der Waals surface area (Å²) in [4.78, 5) is 12.2. The SMILES string of the molecule is O=C(OCC1OC(OCC2OC(OCc3ccccc3)C(O)C(O)C2O)C(O)C(O)C1O)c1ccccc1. The van der Waals surface area contributed by atoms with Gasteiger partial charge in [-0.15, -0.1) is 0 Å². The van der Waals surface area contributed by atoms with Crippen molar-refractivity contribution in [3.05, 3.63) is 71.8 Å². The van der Waals surface area contributed by atoms with Gasteiger partial charge in [0.25, 0.3) is 0 Å². The lowest BCUT2D eigenvalue weighted by Crippen LogP contribution is -2.61. The number of aliphatic hydroxyl groups excluding tert-OH is 6. The summed E-state index contributed by atoms with van der Waals surface area (Å²) in [5.74, 6) is -0.674. The molecule has 10 unspecified atom stereocenters. The van der Waals surface area contributed by atoms with Crippen LogP contribution in [0.2, 0.25) is 0 Å². The fourth-order valence-electron chi connectivity index (χ4n) is 4.14. The molecule has 2 fully saturated rings. The molecule has 12 nitrogen and oxygen atoms in total. The molecule has 0 aliphatic carbocycles. The molecule has 0 aromatic heterocycles. The summed E-state index contributed by atoms with van der Waals surface area (Å²) in [6.45, 7) is -0.824. The molecular weight excluding hydrogens is 504 g/mol. The van der Waals surface area contributed by atoms with Crippen molar-refractivity contribution in [3.8, 4) is 0 Å². The molecule has 0 spiro atoms. The number of rotatable bonds is 9. The van der Waals surface area contributed by atoms with Gasteiger partial charge in [0.1, 0.15) is 55.4 Å². The summed E-state index contributed by atoms with van der Waals surface area (Å²) in [7, 11) is 0. The predicted octanol–water partition coefficient (Wildman–Crippen LogP) is -1.31. The Labute approximate surface area is 218 Å². The molecular formula is C26H32O12.